The van der Waals surface area contributed by atoms with E-state index in [2.05, 4.69) is 30.2 Å². The van der Waals surface area contributed by atoms with Gasteiger partial charge >= 0.3 is 0 Å². The minimum atomic E-state index is 0.386. The molecule has 1 fully saturated rings. The summed E-state index contributed by atoms with van der Waals surface area (Å²) in [7, 11) is 0. The summed E-state index contributed by atoms with van der Waals surface area (Å²) in [4.78, 5) is 0. The van der Waals surface area contributed by atoms with Crippen molar-refractivity contribution < 1.29 is 0 Å². The summed E-state index contributed by atoms with van der Waals surface area (Å²) >= 11 is 0. The van der Waals surface area contributed by atoms with Crippen molar-refractivity contribution in [2.75, 3.05) is 0 Å². The van der Waals surface area contributed by atoms with Crippen LogP contribution in [0.25, 0.3) is 0 Å². The largest absolute Gasteiger partial charge is 0.249 e. The maximum Gasteiger partial charge on any atom is 0.0999 e. The quantitative estimate of drug-likeness (QED) is 0.743. The Hall–Kier alpha value is -1.37. The second kappa shape index (κ2) is 5.99. The summed E-state index contributed by atoms with van der Waals surface area (Å²) in [6.45, 7) is 5.42. The molecule has 0 radical (unpaired) electrons. The highest BCUT2D eigenvalue weighted by Gasteiger charge is 2.22. The van der Waals surface area contributed by atoms with Gasteiger partial charge in [-0.05, 0) is 31.1 Å². The van der Waals surface area contributed by atoms with E-state index in [0.29, 0.717) is 12.3 Å². The van der Waals surface area contributed by atoms with Gasteiger partial charge in [0.25, 0.3) is 0 Å². The molecule has 1 heterocycles. The average Bonchev–Trinajstić information content (AvgIpc) is 3.08. The number of aromatic nitrogens is 3. The van der Waals surface area contributed by atoms with Gasteiger partial charge in [-0.2, -0.15) is 5.26 Å². The minimum Gasteiger partial charge on any atom is -0.249 e. The summed E-state index contributed by atoms with van der Waals surface area (Å²) in [5.74, 6) is 1.58. The standard InChI is InChI=1S/C14H22N4/c1-11(2)3-6-14-13(7-9-15)16-17-18(14)10-8-12-4-5-12/h11-12H,3-8,10H2,1-2H3. The molecule has 1 saturated carbocycles. The Bertz CT molecular complexity index is 423. The summed E-state index contributed by atoms with van der Waals surface area (Å²) in [6.07, 6.45) is 6.48. The smallest absolute Gasteiger partial charge is 0.0999 e. The van der Waals surface area contributed by atoms with Crippen LogP contribution in [0.1, 0.15) is 50.9 Å². The predicted octanol–water partition coefficient (Wildman–Crippen LogP) is 2.73. The van der Waals surface area contributed by atoms with Gasteiger partial charge in [0.15, 0.2) is 0 Å². The molecule has 0 aliphatic heterocycles. The molecule has 2 rings (SSSR count). The molecular formula is C14H22N4. The van der Waals surface area contributed by atoms with Crippen LogP contribution >= 0.6 is 0 Å². The van der Waals surface area contributed by atoms with Crippen molar-refractivity contribution >= 4 is 0 Å². The van der Waals surface area contributed by atoms with E-state index in [1.54, 1.807) is 0 Å². The fourth-order valence-electron chi connectivity index (χ4n) is 2.17. The van der Waals surface area contributed by atoms with Crippen LogP contribution in [0, 0.1) is 23.2 Å². The molecule has 0 aromatic carbocycles. The Labute approximate surface area is 109 Å². The van der Waals surface area contributed by atoms with Crippen molar-refractivity contribution in [2.45, 2.75) is 58.9 Å². The molecule has 0 unspecified atom stereocenters. The monoisotopic (exact) mass is 246 g/mol. The maximum atomic E-state index is 8.83. The van der Waals surface area contributed by atoms with Crippen LogP contribution in [-0.2, 0) is 19.4 Å². The Morgan fingerprint density at radius 2 is 2.22 bits per heavy atom. The van der Waals surface area contributed by atoms with Crippen molar-refractivity contribution in [2.24, 2.45) is 11.8 Å². The zero-order valence-electron chi connectivity index (χ0n) is 11.4. The predicted molar refractivity (Wildman–Crippen MR) is 69.8 cm³/mol. The SMILES string of the molecule is CC(C)CCc1c(CC#N)nnn1CCC1CC1. The first-order chi connectivity index (χ1) is 8.70. The van der Waals surface area contributed by atoms with E-state index in [1.165, 1.54) is 25.0 Å². The van der Waals surface area contributed by atoms with Gasteiger partial charge in [0.2, 0.25) is 0 Å². The van der Waals surface area contributed by atoms with Crippen LogP contribution in [0.4, 0.5) is 0 Å². The van der Waals surface area contributed by atoms with Gasteiger partial charge < -0.3 is 0 Å². The first-order valence-corrected chi connectivity index (χ1v) is 6.99. The van der Waals surface area contributed by atoms with E-state index < -0.39 is 0 Å². The third kappa shape index (κ3) is 3.56. The lowest BCUT2D eigenvalue weighted by molar-refractivity contribution is 0.496. The molecule has 1 aromatic heterocycles. The normalized spacial score (nSPS) is 15.0. The first kappa shape index (κ1) is 13.1. The summed E-state index contributed by atoms with van der Waals surface area (Å²) < 4.78 is 2.04. The molecule has 98 valence electrons. The van der Waals surface area contributed by atoms with Crippen LogP contribution in [0.5, 0.6) is 0 Å². The van der Waals surface area contributed by atoms with Gasteiger partial charge in [-0.15, -0.1) is 5.10 Å². The van der Waals surface area contributed by atoms with E-state index in [9.17, 15) is 0 Å². The van der Waals surface area contributed by atoms with Crippen molar-refractivity contribution in [3.05, 3.63) is 11.4 Å². The molecule has 1 aliphatic rings. The lowest BCUT2D eigenvalue weighted by Crippen LogP contribution is -2.08. The summed E-state index contributed by atoms with van der Waals surface area (Å²) in [5, 5.41) is 17.2. The minimum absolute atomic E-state index is 0.386. The van der Waals surface area contributed by atoms with Gasteiger partial charge in [0.05, 0.1) is 23.9 Å². The number of hydrogen-bond donors (Lipinski definition) is 0. The van der Waals surface area contributed by atoms with Crippen LogP contribution in [0.2, 0.25) is 0 Å². The molecule has 0 spiro atoms. The average molecular weight is 246 g/mol. The molecular weight excluding hydrogens is 224 g/mol. The van der Waals surface area contributed by atoms with Crippen LogP contribution in [-0.4, -0.2) is 15.0 Å². The number of nitriles is 1. The third-order valence-corrected chi connectivity index (χ3v) is 3.57. The number of nitrogens with zero attached hydrogens (tertiary/aromatic N) is 4. The molecule has 0 N–H and O–H groups in total. The molecule has 18 heavy (non-hydrogen) atoms. The van der Waals surface area contributed by atoms with Gasteiger partial charge in [-0.25, -0.2) is 4.68 Å². The van der Waals surface area contributed by atoms with Crippen molar-refractivity contribution in [1.29, 1.82) is 5.26 Å². The van der Waals surface area contributed by atoms with E-state index >= 15 is 0 Å². The van der Waals surface area contributed by atoms with E-state index in [4.69, 9.17) is 5.26 Å². The van der Waals surface area contributed by atoms with Crippen molar-refractivity contribution in [3.8, 4) is 6.07 Å². The Balaban J connectivity index is 2.03. The zero-order valence-corrected chi connectivity index (χ0v) is 11.4. The number of rotatable bonds is 7. The zero-order chi connectivity index (χ0) is 13.0. The molecule has 0 atom stereocenters. The Morgan fingerprint density at radius 1 is 1.44 bits per heavy atom. The van der Waals surface area contributed by atoms with Crippen molar-refractivity contribution in [3.63, 3.8) is 0 Å². The van der Waals surface area contributed by atoms with Crippen LogP contribution in [0.15, 0.2) is 0 Å². The second-order valence-electron chi connectivity index (χ2n) is 5.71. The van der Waals surface area contributed by atoms with Crippen LogP contribution < -0.4 is 0 Å². The Morgan fingerprint density at radius 3 is 2.83 bits per heavy atom. The van der Waals surface area contributed by atoms with Crippen molar-refractivity contribution in [1.82, 2.24) is 15.0 Å². The number of hydrogen-bond acceptors (Lipinski definition) is 3. The van der Waals surface area contributed by atoms with E-state index in [1.807, 2.05) is 4.68 Å². The van der Waals surface area contributed by atoms with Gasteiger partial charge in [-0.3, -0.25) is 0 Å². The summed E-state index contributed by atoms with van der Waals surface area (Å²) in [5.41, 5.74) is 2.07. The fraction of sp³-hybridized carbons (Fsp3) is 0.786. The first-order valence-electron chi connectivity index (χ1n) is 6.99. The van der Waals surface area contributed by atoms with Gasteiger partial charge in [0, 0.05) is 6.54 Å². The highest BCUT2D eigenvalue weighted by Crippen LogP contribution is 2.32. The summed E-state index contributed by atoms with van der Waals surface area (Å²) in [6, 6.07) is 2.19. The lowest BCUT2D eigenvalue weighted by atomic mass is 10.0. The lowest BCUT2D eigenvalue weighted by Gasteiger charge is -2.08. The fourth-order valence-corrected chi connectivity index (χ4v) is 2.17. The molecule has 4 nitrogen and oxygen atoms in total. The Kier molecular flexibility index (Phi) is 4.35. The topological polar surface area (TPSA) is 54.5 Å². The molecule has 4 heteroatoms. The molecule has 1 aromatic rings. The van der Waals surface area contributed by atoms with E-state index in [-0.39, 0.29) is 0 Å². The highest BCUT2D eigenvalue weighted by molar-refractivity contribution is 5.14. The third-order valence-electron chi connectivity index (χ3n) is 3.57. The second-order valence-corrected chi connectivity index (χ2v) is 5.71. The maximum absolute atomic E-state index is 8.83. The van der Waals surface area contributed by atoms with Gasteiger partial charge in [0.1, 0.15) is 0 Å². The molecule has 0 amide bonds. The molecule has 1 aliphatic carbocycles. The molecule has 0 bridgehead atoms. The van der Waals surface area contributed by atoms with Crippen LogP contribution in [0.3, 0.4) is 0 Å². The molecule has 0 saturated heterocycles. The number of aryl methyl sites for hydroxylation is 1. The van der Waals surface area contributed by atoms with E-state index in [0.717, 1.165) is 31.0 Å². The highest BCUT2D eigenvalue weighted by atomic mass is 15.4. The van der Waals surface area contributed by atoms with Gasteiger partial charge in [-0.1, -0.05) is 31.9 Å².